The van der Waals surface area contributed by atoms with E-state index in [4.69, 9.17) is 39.5 Å². The first-order chi connectivity index (χ1) is 5.71. The molecule has 0 aromatic rings. The van der Waals surface area contributed by atoms with E-state index in [1.54, 1.807) is 0 Å². The number of hydrogen-bond donors (Lipinski definition) is 0. The smallest absolute Gasteiger partial charge is 0.369 e. The van der Waals surface area contributed by atoms with E-state index in [9.17, 15) is 8.42 Å². The van der Waals surface area contributed by atoms with E-state index in [2.05, 4.69) is 8.80 Å². The van der Waals surface area contributed by atoms with Gasteiger partial charge in [-0.25, -0.2) is 0 Å². The van der Waals surface area contributed by atoms with Crippen molar-refractivity contribution < 1.29 is 13.2 Å². The second-order valence-electron chi connectivity index (χ2n) is 2.05. The number of alkyl halides is 3. The predicted octanol–water partition coefficient (Wildman–Crippen LogP) is 1.45. The largest absolute Gasteiger partial charge is 0.423 e. The molecule has 0 unspecified atom stereocenters. The van der Waals surface area contributed by atoms with E-state index in [1.165, 1.54) is 6.92 Å². The molecular formula is C4H3Cl3N2O3S. The molecule has 0 aromatic carbocycles. The lowest BCUT2D eigenvalue weighted by Gasteiger charge is -2.16. The van der Waals surface area contributed by atoms with Crippen LogP contribution in [0.4, 0.5) is 0 Å². The Bertz CT molecular complexity index is 380. The van der Waals surface area contributed by atoms with Crippen LogP contribution in [0, 0.1) is 0 Å². The maximum atomic E-state index is 10.9. The number of nitrogens with zero attached hydrogens (tertiary/aromatic N) is 2. The van der Waals surface area contributed by atoms with Crippen molar-refractivity contribution in [1.29, 1.82) is 0 Å². The fourth-order valence-corrected chi connectivity index (χ4v) is 1.75. The molecule has 0 N–H and O–H groups in total. The molecule has 13 heavy (non-hydrogen) atoms. The first kappa shape index (κ1) is 11.0. The lowest BCUT2D eigenvalue weighted by atomic mass is 10.7. The minimum absolute atomic E-state index is 0.142. The van der Waals surface area contributed by atoms with Gasteiger partial charge in [0.2, 0.25) is 5.90 Å². The quantitative estimate of drug-likeness (QED) is 0.623. The lowest BCUT2D eigenvalue weighted by molar-refractivity contribution is 0.520. The van der Waals surface area contributed by atoms with Crippen molar-refractivity contribution in [3.8, 4) is 0 Å². The Hall–Kier alpha value is -0.0400. The highest BCUT2D eigenvalue weighted by Crippen LogP contribution is 2.30. The minimum Gasteiger partial charge on any atom is -0.423 e. The fraction of sp³-hybridized carbons (Fsp3) is 0.500. The van der Waals surface area contributed by atoms with E-state index in [-0.39, 0.29) is 5.90 Å². The zero-order valence-electron chi connectivity index (χ0n) is 6.16. The summed E-state index contributed by atoms with van der Waals surface area (Å²) in [7, 11) is -3.97. The van der Waals surface area contributed by atoms with Gasteiger partial charge in [-0.3, -0.25) is 0 Å². The Morgan fingerprint density at radius 2 is 1.85 bits per heavy atom. The van der Waals surface area contributed by atoms with E-state index in [0.29, 0.717) is 0 Å². The van der Waals surface area contributed by atoms with Crippen LogP contribution in [0.3, 0.4) is 0 Å². The third kappa shape index (κ3) is 2.98. The van der Waals surface area contributed by atoms with Crippen molar-refractivity contribution >= 4 is 56.8 Å². The Balaban J connectivity index is 3.14. The van der Waals surface area contributed by atoms with Crippen molar-refractivity contribution in [3.05, 3.63) is 0 Å². The molecule has 74 valence electrons. The Kier molecular flexibility index (Phi) is 2.78. The summed E-state index contributed by atoms with van der Waals surface area (Å²) < 4.78 is 30.6. The van der Waals surface area contributed by atoms with Crippen molar-refractivity contribution in [2.45, 2.75) is 10.7 Å². The molecule has 0 saturated heterocycles. The van der Waals surface area contributed by atoms with Crippen LogP contribution >= 0.6 is 34.8 Å². The van der Waals surface area contributed by atoms with Gasteiger partial charge in [-0.15, -0.1) is 8.80 Å². The van der Waals surface area contributed by atoms with Crippen molar-refractivity contribution in [2.24, 2.45) is 8.80 Å². The van der Waals surface area contributed by atoms with Gasteiger partial charge in [0.05, 0.1) is 0 Å². The van der Waals surface area contributed by atoms with Gasteiger partial charge in [0, 0.05) is 6.92 Å². The Morgan fingerprint density at radius 3 is 2.23 bits per heavy atom. The molecule has 0 aliphatic carbocycles. The molecule has 0 aromatic heterocycles. The van der Waals surface area contributed by atoms with Gasteiger partial charge in [-0.05, 0) is 0 Å². The van der Waals surface area contributed by atoms with Gasteiger partial charge in [-0.1, -0.05) is 34.8 Å². The molecule has 0 fully saturated rings. The molecule has 1 heterocycles. The predicted molar refractivity (Wildman–Crippen MR) is 50.8 cm³/mol. The normalized spacial score (nSPS) is 21.5. The number of halogens is 3. The van der Waals surface area contributed by atoms with Crippen LogP contribution in [-0.4, -0.2) is 24.0 Å². The van der Waals surface area contributed by atoms with Gasteiger partial charge in [0.1, 0.15) is 0 Å². The Morgan fingerprint density at radius 1 is 1.31 bits per heavy atom. The maximum absolute atomic E-state index is 10.9. The summed E-state index contributed by atoms with van der Waals surface area (Å²) in [6.45, 7) is 1.31. The summed E-state index contributed by atoms with van der Waals surface area (Å²) >= 11 is 16.1. The number of hydrogen-bond acceptors (Lipinski definition) is 3. The molecule has 0 saturated carbocycles. The van der Waals surface area contributed by atoms with E-state index in [1.807, 2.05) is 0 Å². The van der Waals surface area contributed by atoms with Gasteiger partial charge >= 0.3 is 10.2 Å². The molecule has 1 aliphatic heterocycles. The molecule has 0 amide bonds. The molecule has 1 rings (SSSR count). The summed E-state index contributed by atoms with van der Waals surface area (Å²) in [5, 5.41) is 0. The summed E-state index contributed by atoms with van der Waals surface area (Å²) in [5.41, 5.74) is 0. The molecule has 5 nitrogen and oxygen atoms in total. The molecule has 0 bridgehead atoms. The van der Waals surface area contributed by atoms with Crippen LogP contribution in [0.25, 0.3) is 0 Å². The Labute approximate surface area is 89.5 Å². The van der Waals surface area contributed by atoms with Crippen molar-refractivity contribution in [3.63, 3.8) is 0 Å². The van der Waals surface area contributed by atoms with Crippen LogP contribution in [-0.2, 0) is 14.9 Å². The molecule has 0 radical (unpaired) electrons. The monoisotopic (exact) mass is 264 g/mol. The van der Waals surface area contributed by atoms with Crippen LogP contribution in [0.15, 0.2) is 8.80 Å². The minimum atomic E-state index is -3.97. The average Bonchev–Trinajstić information content (AvgIpc) is 1.79. The standard InChI is InChI=1S/C4H3Cl3N2O3S/c1-2-8-13(10,11)9-3(12-2)4(5,6)7/h1H3. The zero-order valence-corrected chi connectivity index (χ0v) is 9.25. The first-order valence-corrected chi connectivity index (χ1v) is 5.40. The highest BCUT2D eigenvalue weighted by atomic mass is 35.6. The number of ether oxygens (including phenoxy) is 1. The topological polar surface area (TPSA) is 68.1 Å². The van der Waals surface area contributed by atoms with Crippen LogP contribution in [0.1, 0.15) is 6.92 Å². The summed E-state index contributed by atoms with van der Waals surface area (Å²) in [6.07, 6.45) is 0. The maximum Gasteiger partial charge on any atom is 0.369 e. The second-order valence-corrected chi connectivity index (χ2v) is 5.60. The van der Waals surface area contributed by atoms with E-state index < -0.39 is 19.9 Å². The third-order valence-electron chi connectivity index (χ3n) is 0.929. The highest BCUT2D eigenvalue weighted by molar-refractivity contribution is 7.89. The van der Waals surface area contributed by atoms with E-state index >= 15 is 0 Å². The summed E-state index contributed by atoms with van der Waals surface area (Å²) in [5.74, 6) is -0.665. The van der Waals surface area contributed by atoms with Gasteiger partial charge in [0.15, 0.2) is 0 Å². The van der Waals surface area contributed by atoms with Crippen LogP contribution in [0.5, 0.6) is 0 Å². The fourth-order valence-electron chi connectivity index (χ4n) is 0.574. The molecule has 9 heteroatoms. The average molecular weight is 266 g/mol. The van der Waals surface area contributed by atoms with Crippen LogP contribution in [0.2, 0.25) is 0 Å². The second kappa shape index (κ2) is 3.27. The summed E-state index contributed by atoms with van der Waals surface area (Å²) in [4.78, 5) is 0. The third-order valence-corrected chi connectivity index (χ3v) is 2.30. The van der Waals surface area contributed by atoms with Gasteiger partial charge in [0.25, 0.3) is 9.69 Å². The van der Waals surface area contributed by atoms with Crippen molar-refractivity contribution in [1.82, 2.24) is 0 Å². The van der Waals surface area contributed by atoms with Crippen molar-refractivity contribution in [2.75, 3.05) is 0 Å². The SMILES string of the molecule is CC1=NS(=O)(=O)N=C(C(Cl)(Cl)Cl)O1. The van der Waals surface area contributed by atoms with Gasteiger partial charge in [-0.2, -0.15) is 8.42 Å². The molecule has 0 spiro atoms. The lowest BCUT2D eigenvalue weighted by Crippen LogP contribution is -2.28. The van der Waals surface area contributed by atoms with Gasteiger partial charge < -0.3 is 4.74 Å². The number of rotatable bonds is 0. The van der Waals surface area contributed by atoms with Crippen LogP contribution < -0.4 is 0 Å². The highest BCUT2D eigenvalue weighted by Gasteiger charge is 2.35. The molecule has 1 aliphatic rings. The molecule has 0 atom stereocenters. The summed E-state index contributed by atoms with van der Waals surface area (Å²) in [6, 6.07) is 0. The van der Waals surface area contributed by atoms with E-state index in [0.717, 1.165) is 0 Å². The molecular weight excluding hydrogens is 262 g/mol. The first-order valence-electron chi connectivity index (χ1n) is 2.87. The zero-order chi connectivity index (χ0) is 10.3.